The van der Waals surface area contributed by atoms with Gasteiger partial charge in [0.2, 0.25) is 0 Å². The van der Waals surface area contributed by atoms with Crippen molar-refractivity contribution >= 4 is 0 Å². The first kappa shape index (κ1) is 18.0. The van der Waals surface area contributed by atoms with Gasteiger partial charge in [0.05, 0.1) is 16.8 Å². The first-order chi connectivity index (χ1) is 12.9. The number of allylic oxidation sites excluding steroid dienone is 1. The summed E-state index contributed by atoms with van der Waals surface area (Å²) in [5.74, 6) is 0.555. The van der Waals surface area contributed by atoms with Crippen LogP contribution in [0.2, 0.25) is 0 Å². The van der Waals surface area contributed by atoms with Gasteiger partial charge in [-0.05, 0) is 31.6 Å². The molecule has 0 spiro atoms. The number of aromatic nitrogens is 4. The van der Waals surface area contributed by atoms with Gasteiger partial charge in [-0.15, -0.1) is 0 Å². The molecule has 6 heteroatoms. The predicted octanol–water partition coefficient (Wildman–Crippen LogP) is 3.11. The fraction of sp³-hybridized carbons (Fsp3) is 0.524. The van der Waals surface area contributed by atoms with Crippen molar-refractivity contribution in [3.05, 3.63) is 51.5 Å². The monoisotopic (exact) mass is 365 g/mol. The highest BCUT2D eigenvalue weighted by Gasteiger charge is 2.31. The van der Waals surface area contributed by atoms with Crippen molar-refractivity contribution in [2.45, 2.75) is 53.0 Å². The van der Waals surface area contributed by atoms with Gasteiger partial charge in [0.1, 0.15) is 12.2 Å². The maximum Gasteiger partial charge on any atom is 0.255 e. The van der Waals surface area contributed by atoms with Crippen molar-refractivity contribution in [2.24, 2.45) is 5.41 Å². The Bertz CT molecular complexity index is 929. The molecule has 2 aromatic rings. The minimum absolute atomic E-state index is 0.0443. The van der Waals surface area contributed by atoms with Crippen molar-refractivity contribution in [1.29, 1.82) is 0 Å². The molecule has 3 heterocycles. The molecule has 27 heavy (non-hydrogen) atoms. The lowest BCUT2D eigenvalue weighted by Gasteiger charge is -2.38. The third-order valence-corrected chi connectivity index (χ3v) is 6.05. The van der Waals surface area contributed by atoms with Crippen LogP contribution in [0.5, 0.6) is 0 Å². The van der Waals surface area contributed by atoms with E-state index in [0.717, 1.165) is 36.3 Å². The molecule has 6 nitrogen and oxygen atoms in total. The lowest BCUT2D eigenvalue weighted by Crippen LogP contribution is -2.39. The van der Waals surface area contributed by atoms with Gasteiger partial charge < -0.3 is 4.98 Å². The molecule has 1 aliphatic heterocycles. The summed E-state index contributed by atoms with van der Waals surface area (Å²) in [7, 11) is 0. The summed E-state index contributed by atoms with van der Waals surface area (Å²) >= 11 is 0. The minimum Gasteiger partial charge on any atom is -0.306 e. The maximum atomic E-state index is 12.7. The van der Waals surface area contributed by atoms with E-state index in [1.54, 1.807) is 18.0 Å². The molecule has 1 N–H and O–H groups in total. The molecule has 0 fully saturated rings. The number of fused-ring (bicyclic) bond motifs is 1. The van der Waals surface area contributed by atoms with Crippen LogP contribution in [0.1, 0.15) is 51.3 Å². The third-order valence-electron chi connectivity index (χ3n) is 6.05. The van der Waals surface area contributed by atoms with Crippen LogP contribution in [0.25, 0.3) is 11.4 Å². The molecule has 0 aromatic carbocycles. The van der Waals surface area contributed by atoms with Crippen LogP contribution in [0.15, 0.2) is 34.7 Å². The quantitative estimate of drug-likeness (QED) is 0.846. The van der Waals surface area contributed by atoms with Gasteiger partial charge in [-0.3, -0.25) is 9.69 Å². The number of nitrogens with one attached hydrogen (secondary N) is 1. The number of aromatic amines is 1. The van der Waals surface area contributed by atoms with Crippen molar-refractivity contribution in [3.63, 3.8) is 0 Å². The summed E-state index contributed by atoms with van der Waals surface area (Å²) in [5, 5.41) is 0. The molecule has 0 unspecified atom stereocenters. The van der Waals surface area contributed by atoms with E-state index in [2.05, 4.69) is 40.6 Å². The van der Waals surface area contributed by atoms with E-state index in [1.807, 2.05) is 0 Å². The van der Waals surface area contributed by atoms with E-state index >= 15 is 0 Å². The van der Waals surface area contributed by atoms with Gasteiger partial charge in [0.25, 0.3) is 5.56 Å². The highest BCUT2D eigenvalue weighted by Crippen LogP contribution is 2.40. The van der Waals surface area contributed by atoms with E-state index in [4.69, 9.17) is 4.98 Å². The minimum atomic E-state index is -0.0443. The van der Waals surface area contributed by atoms with Crippen molar-refractivity contribution in [1.82, 2.24) is 24.8 Å². The van der Waals surface area contributed by atoms with E-state index in [1.165, 1.54) is 31.2 Å². The Kier molecular flexibility index (Phi) is 4.68. The molecular formula is C21H27N5O. The van der Waals surface area contributed by atoms with Gasteiger partial charge in [-0.25, -0.2) is 15.0 Å². The molecule has 0 saturated carbocycles. The normalized spacial score (nSPS) is 19.8. The summed E-state index contributed by atoms with van der Waals surface area (Å²) in [5.41, 5.74) is 5.74. The van der Waals surface area contributed by atoms with Crippen LogP contribution in [-0.2, 0) is 13.0 Å². The first-order valence-corrected chi connectivity index (χ1v) is 9.73. The fourth-order valence-corrected chi connectivity index (χ4v) is 4.42. The Labute approximate surface area is 159 Å². The molecule has 0 radical (unpaired) electrons. The number of hydrogen-bond donors (Lipinski definition) is 1. The van der Waals surface area contributed by atoms with Gasteiger partial charge in [-0.2, -0.15) is 0 Å². The van der Waals surface area contributed by atoms with Gasteiger partial charge >= 0.3 is 0 Å². The smallest absolute Gasteiger partial charge is 0.255 e. The molecule has 2 aromatic heterocycles. The van der Waals surface area contributed by atoms with Crippen LogP contribution in [0, 0.1) is 5.41 Å². The van der Waals surface area contributed by atoms with Gasteiger partial charge in [0, 0.05) is 38.4 Å². The van der Waals surface area contributed by atoms with E-state index in [-0.39, 0.29) is 11.0 Å². The average Bonchev–Trinajstić information content (AvgIpc) is 2.65. The summed E-state index contributed by atoms with van der Waals surface area (Å²) in [4.78, 5) is 30.8. The average molecular weight is 365 g/mol. The second-order valence-corrected chi connectivity index (χ2v) is 8.42. The Morgan fingerprint density at radius 1 is 1.22 bits per heavy atom. The molecule has 1 aliphatic carbocycles. The number of H-pyrrole nitrogens is 1. The Balaban J connectivity index is 1.58. The zero-order valence-corrected chi connectivity index (χ0v) is 16.4. The first-order valence-electron chi connectivity index (χ1n) is 9.73. The molecule has 0 atom stereocenters. The zero-order chi connectivity index (χ0) is 19.0. The molecule has 142 valence electrons. The summed E-state index contributed by atoms with van der Waals surface area (Å²) in [6.45, 7) is 9.52. The van der Waals surface area contributed by atoms with E-state index in [9.17, 15) is 4.79 Å². The number of hydrogen-bond acceptors (Lipinski definition) is 5. The topological polar surface area (TPSA) is 74.8 Å². The van der Waals surface area contributed by atoms with Crippen molar-refractivity contribution < 1.29 is 0 Å². The van der Waals surface area contributed by atoms with Crippen molar-refractivity contribution in [2.75, 3.05) is 13.1 Å². The molecule has 2 aliphatic rings. The summed E-state index contributed by atoms with van der Waals surface area (Å²) < 4.78 is 0. The zero-order valence-electron chi connectivity index (χ0n) is 16.4. The highest BCUT2D eigenvalue weighted by atomic mass is 16.1. The second kappa shape index (κ2) is 7.00. The molecule has 4 rings (SSSR count). The van der Waals surface area contributed by atoms with E-state index in [0.29, 0.717) is 12.4 Å². The van der Waals surface area contributed by atoms with Gasteiger partial charge in [0.15, 0.2) is 0 Å². The maximum absolute atomic E-state index is 12.7. The second-order valence-electron chi connectivity index (χ2n) is 8.42. The van der Waals surface area contributed by atoms with Crippen molar-refractivity contribution in [3.8, 4) is 11.4 Å². The Morgan fingerprint density at radius 3 is 2.74 bits per heavy atom. The standard InChI is InChI=1S/C21H27N5O/c1-14-5-4-7-21(2,3)17(14)12-26-8-6-18-16(11-26)20(27)25-19(24-18)15-9-22-13-23-10-15/h9-10,13H,4-8,11-12H2,1-3H3,(H,24,25,27). The predicted molar refractivity (Wildman–Crippen MR) is 105 cm³/mol. The molecule has 0 bridgehead atoms. The van der Waals surface area contributed by atoms with Crippen LogP contribution >= 0.6 is 0 Å². The van der Waals surface area contributed by atoms with E-state index < -0.39 is 0 Å². The SMILES string of the molecule is CC1=C(CN2CCc3nc(-c4cncnc4)[nH]c(=O)c3C2)C(C)(C)CCC1. The number of nitrogens with zero attached hydrogens (tertiary/aromatic N) is 4. The Hall–Kier alpha value is -2.34. The molecule has 0 saturated heterocycles. The largest absolute Gasteiger partial charge is 0.306 e. The highest BCUT2D eigenvalue weighted by molar-refractivity contribution is 5.52. The fourth-order valence-electron chi connectivity index (χ4n) is 4.42. The van der Waals surface area contributed by atoms with Crippen LogP contribution in [0.3, 0.4) is 0 Å². The van der Waals surface area contributed by atoms with Crippen LogP contribution < -0.4 is 5.56 Å². The number of rotatable bonds is 3. The van der Waals surface area contributed by atoms with Crippen LogP contribution in [-0.4, -0.2) is 37.9 Å². The van der Waals surface area contributed by atoms with Crippen LogP contribution in [0.4, 0.5) is 0 Å². The lowest BCUT2D eigenvalue weighted by atomic mass is 9.72. The molecule has 0 amide bonds. The van der Waals surface area contributed by atoms with Gasteiger partial charge in [-0.1, -0.05) is 25.0 Å². The lowest BCUT2D eigenvalue weighted by molar-refractivity contribution is 0.238. The summed E-state index contributed by atoms with van der Waals surface area (Å²) in [6.07, 6.45) is 9.34. The Morgan fingerprint density at radius 2 is 2.00 bits per heavy atom. The molecular weight excluding hydrogens is 338 g/mol. The summed E-state index contributed by atoms with van der Waals surface area (Å²) in [6, 6.07) is 0. The third kappa shape index (κ3) is 3.58.